The number of anilines is 4. The first-order chi connectivity index (χ1) is 11.6. The summed E-state index contributed by atoms with van der Waals surface area (Å²) in [5.74, 6) is 0.209. The zero-order chi connectivity index (χ0) is 17.1. The fourth-order valence-electron chi connectivity index (χ4n) is 2.92. The highest BCUT2D eigenvalue weighted by Crippen LogP contribution is 2.31. The first kappa shape index (κ1) is 16.0. The van der Waals surface area contributed by atoms with E-state index in [9.17, 15) is 4.79 Å². The zero-order valence-corrected chi connectivity index (χ0v) is 13.6. The SMILES string of the molecule is Cc1ccccc1Nc1ncnc(N2CCC(C(=O)O)CC2)c1N. The number of rotatable bonds is 4. The minimum Gasteiger partial charge on any atom is -0.481 e. The maximum Gasteiger partial charge on any atom is 0.306 e. The third-order valence-electron chi connectivity index (χ3n) is 4.40. The molecule has 0 unspecified atom stereocenters. The normalized spacial score (nSPS) is 15.3. The molecular weight excluding hydrogens is 306 g/mol. The molecule has 1 saturated heterocycles. The fourth-order valence-corrected chi connectivity index (χ4v) is 2.92. The second kappa shape index (κ2) is 6.74. The second-order valence-electron chi connectivity index (χ2n) is 6.00. The molecule has 2 aromatic rings. The van der Waals surface area contributed by atoms with Crippen LogP contribution in [0.2, 0.25) is 0 Å². The molecule has 1 aromatic carbocycles. The number of nitrogens with two attached hydrogens (primary N) is 1. The van der Waals surface area contributed by atoms with E-state index in [4.69, 9.17) is 10.8 Å². The molecule has 0 spiro atoms. The lowest BCUT2D eigenvalue weighted by atomic mass is 9.97. The van der Waals surface area contributed by atoms with Crippen LogP contribution in [0, 0.1) is 12.8 Å². The van der Waals surface area contributed by atoms with Crippen molar-refractivity contribution < 1.29 is 9.90 Å². The smallest absolute Gasteiger partial charge is 0.306 e. The number of aromatic nitrogens is 2. The van der Waals surface area contributed by atoms with Gasteiger partial charge in [0.05, 0.1) is 5.92 Å². The molecule has 1 aliphatic heterocycles. The van der Waals surface area contributed by atoms with Crippen LogP contribution in [0.3, 0.4) is 0 Å². The van der Waals surface area contributed by atoms with Crippen LogP contribution in [0.5, 0.6) is 0 Å². The molecule has 3 rings (SSSR count). The summed E-state index contributed by atoms with van der Waals surface area (Å²) < 4.78 is 0. The van der Waals surface area contributed by atoms with Crippen LogP contribution in [0.1, 0.15) is 18.4 Å². The monoisotopic (exact) mass is 327 g/mol. The van der Waals surface area contributed by atoms with Crippen molar-refractivity contribution in [3.8, 4) is 0 Å². The van der Waals surface area contributed by atoms with Crippen molar-refractivity contribution in [2.45, 2.75) is 19.8 Å². The van der Waals surface area contributed by atoms with E-state index in [2.05, 4.69) is 15.3 Å². The van der Waals surface area contributed by atoms with Gasteiger partial charge in [0, 0.05) is 18.8 Å². The van der Waals surface area contributed by atoms with Gasteiger partial charge in [0.15, 0.2) is 11.6 Å². The summed E-state index contributed by atoms with van der Waals surface area (Å²) in [4.78, 5) is 21.6. The molecule has 24 heavy (non-hydrogen) atoms. The van der Waals surface area contributed by atoms with Crippen LogP contribution >= 0.6 is 0 Å². The van der Waals surface area contributed by atoms with E-state index in [-0.39, 0.29) is 5.92 Å². The Kier molecular flexibility index (Phi) is 4.50. The predicted octanol–water partition coefficient (Wildman–Crippen LogP) is 2.41. The summed E-state index contributed by atoms with van der Waals surface area (Å²) >= 11 is 0. The number of nitrogens with one attached hydrogen (secondary N) is 1. The van der Waals surface area contributed by atoms with Crippen molar-refractivity contribution in [2.24, 2.45) is 5.92 Å². The van der Waals surface area contributed by atoms with Gasteiger partial charge in [0.25, 0.3) is 0 Å². The summed E-state index contributed by atoms with van der Waals surface area (Å²) in [6.45, 7) is 3.27. The van der Waals surface area contributed by atoms with Gasteiger partial charge < -0.3 is 21.1 Å². The number of hydrogen-bond acceptors (Lipinski definition) is 6. The van der Waals surface area contributed by atoms with Gasteiger partial charge in [-0.2, -0.15) is 0 Å². The number of carboxylic acids is 1. The van der Waals surface area contributed by atoms with E-state index in [1.807, 2.05) is 36.1 Å². The Morgan fingerprint density at radius 2 is 2.00 bits per heavy atom. The number of para-hydroxylation sites is 1. The Bertz CT molecular complexity index is 742. The van der Waals surface area contributed by atoms with Crippen molar-refractivity contribution in [2.75, 3.05) is 29.0 Å². The Balaban J connectivity index is 1.79. The van der Waals surface area contributed by atoms with Crippen molar-refractivity contribution >= 4 is 29.0 Å². The van der Waals surface area contributed by atoms with Crippen molar-refractivity contribution in [1.82, 2.24) is 9.97 Å². The Hall–Kier alpha value is -2.83. The van der Waals surface area contributed by atoms with E-state index in [0.29, 0.717) is 43.3 Å². The van der Waals surface area contributed by atoms with Crippen LogP contribution in [-0.4, -0.2) is 34.1 Å². The highest BCUT2D eigenvalue weighted by Gasteiger charge is 2.26. The molecule has 0 amide bonds. The lowest BCUT2D eigenvalue weighted by molar-refractivity contribution is -0.142. The molecule has 4 N–H and O–H groups in total. The molecule has 1 fully saturated rings. The number of nitrogen functional groups attached to an aromatic ring is 1. The largest absolute Gasteiger partial charge is 0.481 e. The van der Waals surface area contributed by atoms with Gasteiger partial charge in [-0.15, -0.1) is 0 Å². The molecule has 2 heterocycles. The average Bonchev–Trinajstić information content (AvgIpc) is 2.59. The van der Waals surface area contributed by atoms with Gasteiger partial charge in [-0.25, -0.2) is 9.97 Å². The van der Waals surface area contributed by atoms with Crippen LogP contribution in [0.15, 0.2) is 30.6 Å². The summed E-state index contributed by atoms with van der Waals surface area (Å²) in [5.41, 5.74) is 8.78. The highest BCUT2D eigenvalue weighted by molar-refractivity contribution is 5.79. The third kappa shape index (κ3) is 3.24. The first-order valence-corrected chi connectivity index (χ1v) is 7.97. The predicted molar refractivity (Wildman–Crippen MR) is 93.5 cm³/mol. The summed E-state index contributed by atoms with van der Waals surface area (Å²) in [5, 5.41) is 12.4. The molecule has 1 aromatic heterocycles. The quantitative estimate of drug-likeness (QED) is 0.792. The minimum absolute atomic E-state index is 0.283. The minimum atomic E-state index is -0.729. The molecule has 1 aliphatic rings. The van der Waals surface area contributed by atoms with Crippen LogP contribution in [0.25, 0.3) is 0 Å². The van der Waals surface area contributed by atoms with Gasteiger partial charge in [0.2, 0.25) is 0 Å². The molecule has 0 saturated carbocycles. The molecule has 7 nitrogen and oxygen atoms in total. The lowest BCUT2D eigenvalue weighted by Gasteiger charge is -2.31. The molecule has 0 atom stereocenters. The van der Waals surface area contributed by atoms with E-state index in [1.54, 1.807) is 0 Å². The topological polar surface area (TPSA) is 104 Å². The number of benzene rings is 1. The number of hydrogen-bond donors (Lipinski definition) is 3. The summed E-state index contributed by atoms with van der Waals surface area (Å²) in [7, 11) is 0. The van der Waals surface area contributed by atoms with E-state index in [1.165, 1.54) is 6.33 Å². The molecule has 0 bridgehead atoms. The van der Waals surface area contributed by atoms with Crippen molar-refractivity contribution in [3.63, 3.8) is 0 Å². The van der Waals surface area contributed by atoms with Crippen LogP contribution in [0.4, 0.5) is 23.0 Å². The van der Waals surface area contributed by atoms with Gasteiger partial charge in [-0.1, -0.05) is 18.2 Å². The van der Waals surface area contributed by atoms with Gasteiger partial charge >= 0.3 is 5.97 Å². The Morgan fingerprint density at radius 3 is 2.67 bits per heavy atom. The fraction of sp³-hybridized carbons (Fsp3) is 0.353. The second-order valence-corrected chi connectivity index (χ2v) is 6.00. The summed E-state index contributed by atoms with van der Waals surface area (Å²) in [6, 6.07) is 7.90. The number of aryl methyl sites for hydroxylation is 1. The standard InChI is InChI=1S/C17H21N5O2/c1-11-4-2-3-5-13(11)21-15-14(18)16(20-10-19-15)22-8-6-12(7-9-22)17(23)24/h2-5,10,12H,6-9,18H2,1H3,(H,23,24)(H,19,20,21). The average molecular weight is 327 g/mol. The number of carbonyl (C=O) groups is 1. The van der Waals surface area contributed by atoms with Crippen molar-refractivity contribution in [1.29, 1.82) is 0 Å². The number of nitrogens with zero attached hydrogens (tertiary/aromatic N) is 3. The van der Waals surface area contributed by atoms with Crippen LogP contribution < -0.4 is 16.0 Å². The molecule has 0 radical (unpaired) electrons. The summed E-state index contributed by atoms with van der Waals surface area (Å²) in [6.07, 6.45) is 2.67. The van der Waals surface area contributed by atoms with E-state index < -0.39 is 5.97 Å². The molecule has 0 aliphatic carbocycles. The first-order valence-electron chi connectivity index (χ1n) is 7.97. The molecule has 126 valence electrons. The van der Waals surface area contributed by atoms with E-state index in [0.717, 1.165) is 11.3 Å². The number of carboxylic acid groups (broad SMARTS) is 1. The van der Waals surface area contributed by atoms with Gasteiger partial charge in [0.1, 0.15) is 12.0 Å². The van der Waals surface area contributed by atoms with Crippen molar-refractivity contribution in [3.05, 3.63) is 36.2 Å². The maximum absolute atomic E-state index is 11.1. The number of piperidine rings is 1. The number of aliphatic carboxylic acids is 1. The lowest BCUT2D eigenvalue weighted by Crippen LogP contribution is -2.37. The third-order valence-corrected chi connectivity index (χ3v) is 4.40. The van der Waals surface area contributed by atoms with Crippen LogP contribution in [-0.2, 0) is 4.79 Å². The Morgan fingerprint density at radius 1 is 1.29 bits per heavy atom. The highest BCUT2D eigenvalue weighted by atomic mass is 16.4. The molecular formula is C17H21N5O2. The van der Waals surface area contributed by atoms with Gasteiger partial charge in [-0.3, -0.25) is 4.79 Å². The zero-order valence-electron chi connectivity index (χ0n) is 13.6. The van der Waals surface area contributed by atoms with Gasteiger partial charge in [-0.05, 0) is 31.4 Å². The maximum atomic E-state index is 11.1. The molecule has 7 heteroatoms. The van der Waals surface area contributed by atoms with E-state index >= 15 is 0 Å². The Labute approximate surface area is 140 Å².